The number of carbonyl (C=O) groups is 2. The second kappa shape index (κ2) is 13.6. The summed E-state index contributed by atoms with van der Waals surface area (Å²) >= 11 is 12.6. The van der Waals surface area contributed by atoms with Crippen molar-refractivity contribution in [1.29, 1.82) is 0 Å². The number of halogens is 2. The number of nitrogens with one attached hydrogen (secondary N) is 3. The lowest BCUT2D eigenvalue weighted by molar-refractivity contribution is -0.127. The number of H-pyrrole nitrogens is 1. The van der Waals surface area contributed by atoms with Crippen molar-refractivity contribution < 1.29 is 14.3 Å². The number of amides is 2. The molecule has 2 heterocycles. The second-order valence-electron chi connectivity index (χ2n) is 12.8. The van der Waals surface area contributed by atoms with Crippen LogP contribution in [-0.4, -0.2) is 42.9 Å². The molecule has 0 bridgehead atoms. The van der Waals surface area contributed by atoms with Gasteiger partial charge in [0.2, 0.25) is 5.91 Å². The van der Waals surface area contributed by atoms with E-state index in [-0.39, 0.29) is 0 Å². The molecule has 1 atom stereocenters. The third-order valence-electron chi connectivity index (χ3n) is 7.48. The van der Waals surface area contributed by atoms with E-state index in [1.165, 1.54) is 0 Å². The number of para-hydroxylation sites is 1. The molecule has 240 valence electrons. The van der Waals surface area contributed by atoms with E-state index >= 15 is 0 Å². The number of benzene rings is 3. The van der Waals surface area contributed by atoms with E-state index in [1.807, 2.05) is 77.5 Å². The van der Waals surface area contributed by atoms with Gasteiger partial charge in [-0.05, 0) is 69.5 Å². The summed E-state index contributed by atoms with van der Waals surface area (Å²) in [6, 6.07) is 22.9. The van der Waals surface area contributed by atoms with E-state index in [0.29, 0.717) is 35.3 Å². The molecule has 3 N–H and O–H groups in total. The molecule has 0 unspecified atom stereocenters. The zero-order valence-electron chi connectivity index (χ0n) is 26.5. The van der Waals surface area contributed by atoms with Gasteiger partial charge >= 0.3 is 6.09 Å². The molecule has 46 heavy (non-hydrogen) atoms. The van der Waals surface area contributed by atoms with Gasteiger partial charge in [0.1, 0.15) is 17.0 Å². The van der Waals surface area contributed by atoms with Crippen LogP contribution in [0.25, 0.3) is 10.9 Å². The monoisotopic (exact) mass is 660 g/mol. The zero-order chi connectivity index (χ0) is 33.1. The van der Waals surface area contributed by atoms with Crippen LogP contribution in [0.4, 0.5) is 4.79 Å². The molecule has 0 spiro atoms. The van der Waals surface area contributed by atoms with Crippen molar-refractivity contribution in [3.05, 3.63) is 117 Å². The lowest BCUT2D eigenvalue weighted by Crippen LogP contribution is -2.56. The Morgan fingerprint density at radius 3 is 2.35 bits per heavy atom. The molecule has 0 saturated carbocycles. The fourth-order valence-electron chi connectivity index (χ4n) is 5.19. The van der Waals surface area contributed by atoms with Crippen molar-refractivity contribution in [2.75, 3.05) is 0 Å². The number of aromatic amines is 1. The highest BCUT2D eigenvalue weighted by molar-refractivity contribution is 6.42. The molecule has 5 aromatic rings. The molecule has 2 amide bonds. The lowest BCUT2D eigenvalue weighted by Gasteiger charge is -2.30. The van der Waals surface area contributed by atoms with Crippen LogP contribution in [0.15, 0.2) is 79.0 Å². The number of ether oxygens (including phenoxy) is 1. The van der Waals surface area contributed by atoms with Gasteiger partial charge in [-0.3, -0.25) is 4.79 Å². The topological polar surface area (TPSA) is 114 Å². The summed E-state index contributed by atoms with van der Waals surface area (Å²) < 4.78 is 7.44. The number of hydrogen-bond acceptors (Lipinski definition) is 5. The molecule has 0 radical (unpaired) electrons. The first-order chi connectivity index (χ1) is 21.8. The smallest absolute Gasteiger partial charge is 0.408 e. The van der Waals surface area contributed by atoms with Crippen LogP contribution in [-0.2, 0) is 28.9 Å². The predicted octanol–water partition coefficient (Wildman–Crippen LogP) is 7.41. The highest BCUT2D eigenvalue weighted by Gasteiger charge is 2.35. The van der Waals surface area contributed by atoms with Crippen molar-refractivity contribution in [2.45, 2.75) is 71.2 Å². The first-order valence-electron chi connectivity index (χ1n) is 15.1. The Kier molecular flexibility index (Phi) is 9.74. The summed E-state index contributed by atoms with van der Waals surface area (Å²) in [4.78, 5) is 29.9. The SMILES string of the molecule is CC(C)(C)OC(=O)NC(C)(C)C(=O)N[C@H](Cc1c[nH]c2ccccc12)c1nnc(Cc2ccccc2)n1Cc1ccc(Cl)c(Cl)c1. The summed E-state index contributed by atoms with van der Waals surface area (Å²) in [6.07, 6.45) is 2.18. The van der Waals surface area contributed by atoms with Crippen LogP contribution in [0.2, 0.25) is 10.0 Å². The van der Waals surface area contributed by atoms with Gasteiger partial charge in [-0.2, -0.15) is 0 Å². The Morgan fingerprint density at radius 1 is 0.913 bits per heavy atom. The molecule has 0 aliphatic carbocycles. The largest absolute Gasteiger partial charge is 0.444 e. The van der Waals surface area contributed by atoms with Crippen molar-refractivity contribution in [3.8, 4) is 0 Å². The summed E-state index contributed by atoms with van der Waals surface area (Å²) in [5.74, 6) is 0.872. The third-order valence-corrected chi connectivity index (χ3v) is 8.22. The van der Waals surface area contributed by atoms with E-state index in [0.717, 1.165) is 33.4 Å². The molecule has 2 aromatic heterocycles. The van der Waals surface area contributed by atoms with Gasteiger partial charge in [0.15, 0.2) is 5.82 Å². The van der Waals surface area contributed by atoms with Crippen LogP contribution in [0, 0.1) is 0 Å². The highest BCUT2D eigenvalue weighted by atomic mass is 35.5. The number of aromatic nitrogens is 4. The maximum Gasteiger partial charge on any atom is 0.408 e. The fourth-order valence-corrected chi connectivity index (χ4v) is 5.51. The van der Waals surface area contributed by atoms with Gasteiger partial charge < -0.3 is 24.9 Å². The molecule has 0 aliphatic rings. The summed E-state index contributed by atoms with van der Waals surface area (Å²) in [7, 11) is 0. The number of rotatable bonds is 10. The van der Waals surface area contributed by atoms with Gasteiger partial charge in [-0.15, -0.1) is 10.2 Å². The maximum atomic E-state index is 13.9. The summed E-state index contributed by atoms with van der Waals surface area (Å²) in [5, 5.41) is 17.1. The van der Waals surface area contributed by atoms with Crippen LogP contribution in [0.1, 0.15) is 69.0 Å². The Hall–Kier alpha value is -4.34. The van der Waals surface area contributed by atoms with Crippen LogP contribution in [0.5, 0.6) is 0 Å². The number of alkyl carbamates (subject to hydrolysis) is 1. The predicted molar refractivity (Wildman–Crippen MR) is 181 cm³/mol. The molecular weight excluding hydrogens is 623 g/mol. The Bertz CT molecular complexity index is 1840. The van der Waals surface area contributed by atoms with Crippen molar-refractivity contribution in [2.24, 2.45) is 0 Å². The van der Waals surface area contributed by atoms with Crippen LogP contribution in [0.3, 0.4) is 0 Å². The molecule has 0 aliphatic heterocycles. The van der Waals surface area contributed by atoms with E-state index < -0.39 is 29.2 Å². The molecule has 0 fully saturated rings. The Labute approximate surface area is 278 Å². The normalized spacial score (nSPS) is 12.6. The van der Waals surface area contributed by atoms with E-state index in [9.17, 15) is 9.59 Å². The van der Waals surface area contributed by atoms with Gasteiger partial charge in [0, 0.05) is 29.9 Å². The lowest BCUT2D eigenvalue weighted by atomic mass is 10.0. The second-order valence-corrected chi connectivity index (χ2v) is 13.6. The molecular formula is C35H38Cl2N6O3. The Morgan fingerprint density at radius 2 is 1.63 bits per heavy atom. The number of hydrogen-bond donors (Lipinski definition) is 3. The van der Waals surface area contributed by atoms with Gasteiger partial charge in [-0.1, -0.05) is 77.8 Å². The quantitative estimate of drug-likeness (QED) is 0.144. The maximum absolute atomic E-state index is 13.9. The van der Waals surface area contributed by atoms with E-state index in [2.05, 4.69) is 25.8 Å². The van der Waals surface area contributed by atoms with Crippen molar-refractivity contribution >= 4 is 46.1 Å². The van der Waals surface area contributed by atoms with E-state index in [4.69, 9.17) is 27.9 Å². The molecule has 3 aromatic carbocycles. The standard InChI is InChI=1S/C35H38Cl2N6O3/c1-34(2,3)46-33(45)40-35(4,5)32(44)39-29(19-24-20-38-28-14-10-9-13-25(24)28)31-42-41-30(18-22-11-7-6-8-12-22)43(31)21-23-15-16-26(36)27(37)17-23/h6-17,20,29,38H,18-19,21H2,1-5H3,(H,39,44)(H,40,45)/t29-/m1/s1. The average Bonchev–Trinajstić information content (AvgIpc) is 3.57. The summed E-state index contributed by atoms with van der Waals surface area (Å²) in [6.45, 7) is 8.97. The Balaban J connectivity index is 1.55. The van der Waals surface area contributed by atoms with Crippen LogP contribution < -0.4 is 10.6 Å². The zero-order valence-corrected chi connectivity index (χ0v) is 28.0. The highest BCUT2D eigenvalue weighted by Crippen LogP contribution is 2.28. The minimum absolute atomic E-state index is 0.390. The molecule has 11 heteroatoms. The van der Waals surface area contributed by atoms with Gasteiger partial charge in [0.25, 0.3) is 0 Å². The first-order valence-corrected chi connectivity index (χ1v) is 15.8. The molecule has 9 nitrogen and oxygen atoms in total. The minimum atomic E-state index is -1.30. The first kappa shape index (κ1) is 33.0. The van der Waals surface area contributed by atoms with Gasteiger partial charge in [0.05, 0.1) is 22.6 Å². The minimum Gasteiger partial charge on any atom is -0.444 e. The third kappa shape index (κ3) is 8.08. The van der Waals surface area contributed by atoms with E-state index in [1.54, 1.807) is 40.7 Å². The number of carbonyl (C=O) groups excluding carboxylic acids is 2. The number of fused-ring (bicyclic) bond motifs is 1. The average molecular weight is 662 g/mol. The molecule has 0 saturated heterocycles. The van der Waals surface area contributed by atoms with Crippen molar-refractivity contribution in [1.82, 2.24) is 30.4 Å². The summed E-state index contributed by atoms with van der Waals surface area (Å²) in [5.41, 5.74) is 1.92. The number of nitrogens with zero attached hydrogens (tertiary/aromatic N) is 3. The fraction of sp³-hybridized carbons (Fsp3) is 0.314. The van der Waals surface area contributed by atoms with Crippen LogP contribution >= 0.6 is 23.2 Å². The van der Waals surface area contributed by atoms with Crippen molar-refractivity contribution in [3.63, 3.8) is 0 Å². The van der Waals surface area contributed by atoms with Gasteiger partial charge in [-0.25, -0.2) is 4.79 Å². The molecule has 5 rings (SSSR count).